The molecule has 1 aliphatic heterocycles. The highest BCUT2D eigenvalue weighted by molar-refractivity contribution is 7.91. The molecule has 0 radical (unpaired) electrons. The van der Waals surface area contributed by atoms with E-state index in [0.717, 1.165) is 5.01 Å². The summed E-state index contributed by atoms with van der Waals surface area (Å²) in [7, 11) is -2.90. The lowest BCUT2D eigenvalue weighted by atomic mass is 10.1. The van der Waals surface area contributed by atoms with Gasteiger partial charge in [0.1, 0.15) is 0 Å². The average Bonchev–Trinajstić information content (AvgIpc) is 3.16. The molecule has 6 nitrogen and oxygen atoms in total. The lowest BCUT2D eigenvalue weighted by molar-refractivity contribution is -0.120. The first-order chi connectivity index (χ1) is 10.5. The Bertz CT molecular complexity index is 750. The summed E-state index contributed by atoms with van der Waals surface area (Å²) in [6.45, 7) is 0.410. The fourth-order valence-corrected chi connectivity index (χ4v) is 5.07. The van der Waals surface area contributed by atoms with Gasteiger partial charge in [0, 0.05) is 11.9 Å². The molecule has 3 rings (SSSR count). The molecule has 0 aliphatic carbocycles. The van der Waals surface area contributed by atoms with Crippen molar-refractivity contribution in [1.29, 1.82) is 0 Å². The minimum absolute atomic E-state index is 0.0306. The Hall–Kier alpha value is -1.67. The van der Waals surface area contributed by atoms with Gasteiger partial charge in [0.2, 0.25) is 5.91 Å². The van der Waals surface area contributed by atoms with Crippen molar-refractivity contribution in [2.75, 3.05) is 18.1 Å². The molecule has 0 bridgehead atoms. The fraction of sp³-hybridized carbons (Fsp3) is 0.429. The third-order valence-electron chi connectivity index (χ3n) is 3.54. The Balaban J connectivity index is 1.50. The second kappa shape index (κ2) is 6.21. The van der Waals surface area contributed by atoms with Crippen LogP contribution < -0.4 is 5.32 Å². The zero-order valence-corrected chi connectivity index (χ0v) is 13.5. The van der Waals surface area contributed by atoms with Crippen LogP contribution in [-0.4, -0.2) is 37.4 Å². The van der Waals surface area contributed by atoms with Crippen molar-refractivity contribution in [2.24, 2.45) is 5.92 Å². The maximum Gasteiger partial charge on any atom is 0.226 e. The van der Waals surface area contributed by atoms with Crippen molar-refractivity contribution in [3.05, 3.63) is 29.5 Å². The van der Waals surface area contributed by atoms with Gasteiger partial charge in [-0.1, -0.05) is 0 Å². The molecule has 0 spiro atoms. The highest BCUT2D eigenvalue weighted by Gasteiger charge is 2.27. The summed E-state index contributed by atoms with van der Waals surface area (Å²) in [6.07, 6.45) is 2.40. The highest BCUT2D eigenvalue weighted by atomic mass is 32.2. The molecule has 118 valence electrons. The van der Waals surface area contributed by atoms with E-state index in [2.05, 4.69) is 10.3 Å². The van der Waals surface area contributed by atoms with Gasteiger partial charge < -0.3 is 9.73 Å². The molecule has 2 aromatic rings. The number of carbonyl (C=O) groups is 1. The summed E-state index contributed by atoms with van der Waals surface area (Å²) in [4.78, 5) is 16.3. The lowest BCUT2D eigenvalue weighted by Crippen LogP contribution is -2.31. The molecule has 0 saturated carbocycles. The number of furan rings is 1. The summed E-state index contributed by atoms with van der Waals surface area (Å²) in [5.41, 5.74) is 0.688. The topological polar surface area (TPSA) is 89.3 Å². The number of nitrogens with one attached hydrogen (secondary N) is 1. The van der Waals surface area contributed by atoms with Crippen LogP contribution in [0.4, 0.5) is 0 Å². The molecular formula is C14H16N2O4S2. The van der Waals surface area contributed by atoms with Crippen LogP contribution in [-0.2, 0) is 21.1 Å². The van der Waals surface area contributed by atoms with Gasteiger partial charge in [-0.15, -0.1) is 11.3 Å². The molecule has 1 atom stereocenters. The van der Waals surface area contributed by atoms with Crippen molar-refractivity contribution >= 4 is 27.1 Å². The third kappa shape index (κ3) is 3.75. The predicted octanol–water partition coefficient (Wildman–Crippen LogP) is 1.50. The van der Waals surface area contributed by atoms with Crippen LogP contribution >= 0.6 is 11.3 Å². The van der Waals surface area contributed by atoms with E-state index in [4.69, 9.17) is 4.42 Å². The molecule has 1 saturated heterocycles. The van der Waals surface area contributed by atoms with Gasteiger partial charge in [-0.3, -0.25) is 4.79 Å². The summed E-state index contributed by atoms with van der Waals surface area (Å²) in [6, 6.07) is 3.61. The highest BCUT2D eigenvalue weighted by Crippen LogP contribution is 2.24. The number of hydrogen-bond donors (Lipinski definition) is 1. The molecule has 0 unspecified atom stereocenters. The number of amides is 1. The summed E-state index contributed by atoms with van der Waals surface area (Å²) < 4.78 is 28.0. The van der Waals surface area contributed by atoms with E-state index in [9.17, 15) is 13.2 Å². The molecular weight excluding hydrogens is 324 g/mol. The van der Waals surface area contributed by atoms with E-state index < -0.39 is 9.84 Å². The van der Waals surface area contributed by atoms with Crippen molar-refractivity contribution < 1.29 is 17.6 Å². The molecule has 0 aromatic carbocycles. The van der Waals surface area contributed by atoms with Gasteiger partial charge in [-0.05, 0) is 24.5 Å². The predicted molar refractivity (Wildman–Crippen MR) is 83.3 cm³/mol. The molecule has 3 heterocycles. The zero-order chi connectivity index (χ0) is 15.6. The summed E-state index contributed by atoms with van der Waals surface area (Å²) in [5.74, 6) is 0.982. The van der Waals surface area contributed by atoms with E-state index in [-0.39, 0.29) is 29.8 Å². The Morgan fingerprint density at radius 1 is 1.50 bits per heavy atom. The van der Waals surface area contributed by atoms with E-state index in [0.29, 0.717) is 24.4 Å². The SMILES string of the molecule is O=C(Cc1csc(-c2ccco2)n1)NC[C@H]1CCS(=O)(=O)C1. The minimum Gasteiger partial charge on any atom is -0.462 e. The lowest BCUT2D eigenvalue weighted by Gasteiger charge is -2.08. The molecule has 1 fully saturated rings. The van der Waals surface area contributed by atoms with Gasteiger partial charge in [-0.25, -0.2) is 13.4 Å². The zero-order valence-electron chi connectivity index (χ0n) is 11.8. The second-order valence-electron chi connectivity index (χ2n) is 5.37. The molecule has 1 amide bonds. The maximum absolute atomic E-state index is 11.9. The largest absolute Gasteiger partial charge is 0.462 e. The van der Waals surface area contributed by atoms with Crippen molar-refractivity contribution in [2.45, 2.75) is 12.8 Å². The van der Waals surface area contributed by atoms with Crippen molar-refractivity contribution in [3.63, 3.8) is 0 Å². The number of nitrogens with zero attached hydrogens (tertiary/aromatic N) is 1. The number of hydrogen-bond acceptors (Lipinski definition) is 6. The van der Waals surface area contributed by atoms with Gasteiger partial charge in [0.05, 0.1) is 29.9 Å². The molecule has 22 heavy (non-hydrogen) atoms. The summed E-state index contributed by atoms with van der Waals surface area (Å²) >= 11 is 1.43. The molecule has 8 heteroatoms. The van der Waals surface area contributed by atoms with E-state index >= 15 is 0 Å². The third-order valence-corrected chi connectivity index (χ3v) is 6.28. The minimum atomic E-state index is -2.90. The van der Waals surface area contributed by atoms with Crippen LogP contribution in [0.3, 0.4) is 0 Å². The first-order valence-electron chi connectivity index (χ1n) is 6.97. The van der Waals surface area contributed by atoms with Crippen molar-refractivity contribution in [3.8, 4) is 10.8 Å². The van der Waals surface area contributed by atoms with Crippen LogP contribution in [0.5, 0.6) is 0 Å². The molecule has 1 N–H and O–H groups in total. The monoisotopic (exact) mass is 340 g/mol. The van der Waals surface area contributed by atoms with E-state index in [1.807, 2.05) is 11.4 Å². The Kier molecular flexibility index (Phi) is 4.30. The number of thiazole rings is 1. The van der Waals surface area contributed by atoms with Gasteiger partial charge in [-0.2, -0.15) is 0 Å². The standard InChI is InChI=1S/C14H16N2O4S2/c17-13(15-7-10-3-5-22(18,19)9-10)6-11-8-21-14(16-11)12-2-1-4-20-12/h1-2,4,8,10H,3,5-7,9H2,(H,15,17)/t10-/m1/s1. The van der Waals surface area contributed by atoms with Crippen LogP contribution in [0.2, 0.25) is 0 Å². The Morgan fingerprint density at radius 3 is 3.05 bits per heavy atom. The number of rotatable bonds is 5. The van der Waals surface area contributed by atoms with Gasteiger partial charge in [0.25, 0.3) is 0 Å². The molecule has 1 aliphatic rings. The number of sulfone groups is 1. The summed E-state index contributed by atoms with van der Waals surface area (Å²) in [5, 5.41) is 5.37. The number of aromatic nitrogens is 1. The smallest absolute Gasteiger partial charge is 0.226 e. The Morgan fingerprint density at radius 2 is 2.36 bits per heavy atom. The normalized spacial score (nSPS) is 20.1. The van der Waals surface area contributed by atoms with Crippen molar-refractivity contribution in [1.82, 2.24) is 10.3 Å². The number of carbonyl (C=O) groups excluding carboxylic acids is 1. The first kappa shape index (κ1) is 15.2. The molecule has 2 aromatic heterocycles. The average molecular weight is 340 g/mol. The Labute approximate surface area is 132 Å². The van der Waals surface area contributed by atoms with Crippen LogP contribution in [0.25, 0.3) is 10.8 Å². The van der Waals surface area contributed by atoms with Crippen LogP contribution in [0.1, 0.15) is 12.1 Å². The van der Waals surface area contributed by atoms with Gasteiger partial charge in [0.15, 0.2) is 20.6 Å². The fourth-order valence-electron chi connectivity index (χ4n) is 2.42. The van der Waals surface area contributed by atoms with Crippen LogP contribution in [0.15, 0.2) is 28.2 Å². The van der Waals surface area contributed by atoms with Gasteiger partial charge >= 0.3 is 0 Å². The quantitative estimate of drug-likeness (QED) is 0.891. The van der Waals surface area contributed by atoms with Crippen LogP contribution in [0, 0.1) is 5.92 Å². The van der Waals surface area contributed by atoms with E-state index in [1.54, 1.807) is 12.3 Å². The second-order valence-corrected chi connectivity index (χ2v) is 8.46. The first-order valence-corrected chi connectivity index (χ1v) is 9.67. The maximum atomic E-state index is 11.9. The van der Waals surface area contributed by atoms with E-state index in [1.165, 1.54) is 11.3 Å².